The normalized spacial score (nSPS) is 13.7. The van der Waals surface area contributed by atoms with Crippen LogP contribution in [0.1, 0.15) is 25.3 Å². The number of methoxy groups -OCH3 is 1. The molecule has 0 aliphatic carbocycles. The van der Waals surface area contributed by atoms with Gasteiger partial charge in [-0.1, -0.05) is 37.3 Å². The molecule has 1 atom stereocenters. The molecule has 0 aliphatic rings. The third-order valence-electron chi connectivity index (χ3n) is 2.79. The van der Waals surface area contributed by atoms with Crippen LogP contribution in [0.15, 0.2) is 30.3 Å². The standard InChI is InChI=1S/C14H18O4/c1-3-12(15)10-14(17,13(16)18-2)9-11-7-5-4-6-8-11/h4-8,17H,3,9-10H2,1-2H3/t14-/m0/s1. The van der Waals surface area contributed by atoms with E-state index in [0.29, 0.717) is 0 Å². The van der Waals surface area contributed by atoms with E-state index in [4.69, 9.17) is 0 Å². The molecule has 0 aromatic heterocycles. The highest BCUT2D eigenvalue weighted by molar-refractivity contribution is 5.88. The molecule has 0 saturated heterocycles. The molecule has 4 nitrogen and oxygen atoms in total. The first-order chi connectivity index (χ1) is 8.51. The number of benzene rings is 1. The maximum absolute atomic E-state index is 11.7. The SMILES string of the molecule is CCC(=O)C[C@@](O)(Cc1ccccc1)C(=O)OC. The van der Waals surface area contributed by atoms with Crippen LogP contribution in [0.25, 0.3) is 0 Å². The molecule has 1 aromatic carbocycles. The summed E-state index contributed by atoms with van der Waals surface area (Å²) in [5.41, 5.74) is -0.988. The summed E-state index contributed by atoms with van der Waals surface area (Å²) in [6, 6.07) is 9.07. The fourth-order valence-corrected chi connectivity index (χ4v) is 1.78. The van der Waals surface area contributed by atoms with Gasteiger partial charge in [0.05, 0.1) is 7.11 Å². The highest BCUT2D eigenvalue weighted by Gasteiger charge is 2.39. The Labute approximate surface area is 107 Å². The van der Waals surface area contributed by atoms with Crippen LogP contribution < -0.4 is 0 Å². The topological polar surface area (TPSA) is 63.6 Å². The fourth-order valence-electron chi connectivity index (χ4n) is 1.78. The van der Waals surface area contributed by atoms with E-state index in [1.54, 1.807) is 19.1 Å². The van der Waals surface area contributed by atoms with Crippen molar-refractivity contribution < 1.29 is 19.4 Å². The van der Waals surface area contributed by atoms with Gasteiger partial charge in [-0.05, 0) is 5.56 Å². The number of carbonyl (C=O) groups excluding carboxylic acids is 2. The Morgan fingerprint density at radius 3 is 2.39 bits per heavy atom. The van der Waals surface area contributed by atoms with Crippen LogP contribution in [0.2, 0.25) is 0 Å². The maximum atomic E-state index is 11.7. The Morgan fingerprint density at radius 2 is 1.89 bits per heavy atom. The van der Waals surface area contributed by atoms with E-state index in [1.807, 2.05) is 18.2 Å². The predicted octanol–water partition coefficient (Wildman–Crippen LogP) is 1.50. The van der Waals surface area contributed by atoms with Gasteiger partial charge in [0.15, 0.2) is 5.60 Å². The minimum Gasteiger partial charge on any atom is -0.467 e. The van der Waals surface area contributed by atoms with Gasteiger partial charge < -0.3 is 9.84 Å². The van der Waals surface area contributed by atoms with Crippen LogP contribution in [0.5, 0.6) is 0 Å². The van der Waals surface area contributed by atoms with Gasteiger partial charge in [-0.25, -0.2) is 4.79 Å². The molecule has 1 N–H and O–H groups in total. The molecule has 4 heteroatoms. The van der Waals surface area contributed by atoms with Gasteiger partial charge in [-0.3, -0.25) is 4.79 Å². The minimum atomic E-state index is -1.77. The van der Waals surface area contributed by atoms with Crippen molar-refractivity contribution in [2.75, 3.05) is 7.11 Å². The van der Waals surface area contributed by atoms with Gasteiger partial charge in [0.2, 0.25) is 0 Å². The van der Waals surface area contributed by atoms with E-state index in [2.05, 4.69) is 4.74 Å². The zero-order valence-electron chi connectivity index (χ0n) is 10.7. The van der Waals surface area contributed by atoms with Crippen LogP contribution in [0.3, 0.4) is 0 Å². The van der Waals surface area contributed by atoms with Crippen molar-refractivity contribution in [2.24, 2.45) is 0 Å². The number of hydrogen-bond acceptors (Lipinski definition) is 4. The van der Waals surface area contributed by atoms with Gasteiger partial charge in [0.1, 0.15) is 5.78 Å². The largest absolute Gasteiger partial charge is 0.467 e. The molecule has 0 bridgehead atoms. The van der Waals surface area contributed by atoms with Gasteiger partial charge >= 0.3 is 5.97 Å². The third kappa shape index (κ3) is 3.67. The number of rotatable bonds is 6. The number of carbonyl (C=O) groups is 2. The lowest BCUT2D eigenvalue weighted by Gasteiger charge is -2.24. The Bertz CT molecular complexity index is 413. The molecule has 0 saturated carbocycles. The summed E-state index contributed by atoms with van der Waals surface area (Å²) in [5.74, 6) is -0.938. The van der Waals surface area contributed by atoms with E-state index in [1.165, 1.54) is 7.11 Å². The first-order valence-corrected chi connectivity index (χ1v) is 5.88. The molecule has 0 heterocycles. The molecule has 1 aromatic rings. The van der Waals surface area contributed by atoms with Crippen molar-refractivity contribution in [3.63, 3.8) is 0 Å². The highest BCUT2D eigenvalue weighted by Crippen LogP contribution is 2.20. The second kappa shape index (κ2) is 6.31. The van der Waals surface area contributed by atoms with Crippen LogP contribution in [0, 0.1) is 0 Å². The molecule has 18 heavy (non-hydrogen) atoms. The lowest BCUT2D eigenvalue weighted by atomic mass is 9.89. The minimum absolute atomic E-state index is 0.0756. The molecular weight excluding hydrogens is 232 g/mol. The molecule has 0 spiro atoms. The summed E-state index contributed by atoms with van der Waals surface area (Å²) in [6.45, 7) is 1.70. The monoisotopic (exact) mass is 250 g/mol. The number of ether oxygens (including phenoxy) is 1. The van der Waals surface area contributed by atoms with Crippen molar-refractivity contribution in [2.45, 2.75) is 31.8 Å². The van der Waals surface area contributed by atoms with Crippen molar-refractivity contribution in [3.8, 4) is 0 Å². The maximum Gasteiger partial charge on any atom is 0.338 e. The Balaban J connectivity index is 2.91. The number of Topliss-reactive ketones (excluding diaryl/α,β-unsaturated/α-hetero) is 1. The van der Waals surface area contributed by atoms with Crippen LogP contribution in [-0.2, 0) is 20.7 Å². The van der Waals surface area contributed by atoms with E-state index < -0.39 is 11.6 Å². The Hall–Kier alpha value is -1.68. The molecule has 0 radical (unpaired) electrons. The molecular formula is C14H18O4. The quantitative estimate of drug-likeness (QED) is 0.777. The molecule has 1 rings (SSSR count). The first-order valence-electron chi connectivity index (χ1n) is 5.88. The summed E-state index contributed by atoms with van der Waals surface area (Å²) < 4.78 is 4.59. The van der Waals surface area contributed by atoms with Crippen molar-refractivity contribution in [1.82, 2.24) is 0 Å². The zero-order valence-corrected chi connectivity index (χ0v) is 10.7. The highest BCUT2D eigenvalue weighted by atomic mass is 16.5. The summed E-state index contributed by atoms with van der Waals surface area (Å²) >= 11 is 0. The second-order valence-electron chi connectivity index (χ2n) is 4.25. The van der Waals surface area contributed by atoms with Gasteiger partial charge in [-0.2, -0.15) is 0 Å². The summed E-state index contributed by atoms with van der Waals surface area (Å²) in [6.07, 6.45) is 0.144. The third-order valence-corrected chi connectivity index (χ3v) is 2.79. The average molecular weight is 250 g/mol. The van der Waals surface area contributed by atoms with Crippen LogP contribution in [0.4, 0.5) is 0 Å². The average Bonchev–Trinajstić information content (AvgIpc) is 2.38. The molecule has 0 amide bonds. The van der Waals surface area contributed by atoms with Gasteiger partial charge in [-0.15, -0.1) is 0 Å². The lowest BCUT2D eigenvalue weighted by molar-refractivity contribution is -0.164. The van der Waals surface area contributed by atoms with Crippen molar-refractivity contribution >= 4 is 11.8 Å². The fraction of sp³-hybridized carbons (Fsp3) is 0.429. The zero-order chi connectivity index (χ0) is 13.6. The molecule has 0 fully saturated rings. The van der Waals surface area contributed by atoms with Crippen LogP contribution >= 0.6 is 0 Å². The second-order valence-corrected chi connectivity index (χ2v) is 4.25. The van der Waals surface area contributed by atoms with Crippen molar-refractivity contribution in [3.05, 3.63) is 35.9 Å². The van der Waals surface area contributed by atoms with Crippen molar-refractivity contribution in [1.29, 1.82) is 0 Å². The first kappa shape index (κ1) is 14.4. The van der Waals surface area contributed by atoms with Gasteiger partial charge in [0, 0.05) is 19.3 Å². The van der Waals surface area contributed by atoms with E-state index in [0.717, 1.165) is 5.56 Å². The van der Waals surface area contributed by atoms with E-state index >= 15 is 0 Å². The van der Waals surface area contributed by atoms with E-state index in [9.17, 15) is 14.7 Å². The van der Waals surface area contributed by atoms with Gasteiger partial charge in [0.25, 0.3) is 0 Å². The Morgan fingerprint density at radius 1 is 1.28 bits per heavy atom. The number of ketones is 1. The van der Waals surface area contributed by atoms with E-state index in [-0.39, 0.29) is 25.0 Å². The number of hydrogen-bond donors (Lipinski definition) is 1. The lowest BCUT2D eigenvalue weighted by Crippen LogP contribution is -2.43. The Kier molecular flexibility index (Phi) is 5.04. The summed E-state index contributed by atoms with van der Waals surface area (Å²) in [7, 11) is 1.20. The number of esters is 1. The smallest absolute Gasteiger partial charge is 0.338 e. The predicted molar refractivity (Wildman–Crippen MR) is 67.0 cm³/mol. The van der Waals surface area contributed by atoms with Crippen LogP contribution in [-0.4, -0.2) is 29.6 Å². The molecule has 98 valence electrons. The summed E-state index contributed by atoms with van der Waals surface area (Å²) in [4.78, 5) is 23.1. The number of aliphatic hydroxyl groups is 1. The molecule has 0 aliphatic heterocycles. The molecule has 0 unspecified atom stereocenters. The summed E-state index contributed by atoms with van der Waals surface area (Å²) in [5, 5.41) is 10.3.